The number of nitrogens with one attached hydrogen (secondary N) is 1. The number of benzene rings is 1. The number of β-lactam (4-membered cyclic amide) rings is 1. The summed E-state index contributed by atoms with van der Waals surface area (Å²) in [5, 5.41) is 11.8. The second kappa shape index (κ2) is 4.54. The molecule has 0 bridgehead atoms. The number of hydrogen-bond acceptors (Lipinski definition) is 2. The molecule has 2 unspecified atom stereocenters. The van der Waals surface area contributed by atoms with Gasteiger partial charge in [0.25, 0.3) is 5.91 Å². The molecular weight excluding hydrogens is 381 g/mol. The van der Waals surface area contributed by atoms with E-state index in [4.69, 9.17) is 0 Å². The van der Waals surface area contributed by atoms with Gasteiger partial charge < -0.3 is 10.4 Å². The van der Waals surface area contributed by atoms with Gasteiger partial charge in [0.15, 0.2) is 6.10 Å². The summed E-state index contributed by atoms with van der Waals surface area (Å²) < 4.78 is 0. The molecular formula is C9H9AcNO2. The predicted molar refractivity (Wildman–Crippen MR) is 43.3 cm³/mol. The van der Waals surface area contributed by atoms with Crippen molar-refractivity contribution in [2.75, 3.05) is 0 Å². The zero-order chi connectivity index (χ0) is 8.55. The number of carbonyl (C=O) groups excluding carboxylic acids is 1. The number of amides is 1. The van der Waals surface area contributed by atoms with Gasteiger partial charge in [0.05, 0.1) is 6.04 Å². The molecule has 0 aliphatic carbocycles. The molecule has 1 amide bonds. The van der Waals surface area contributed by atoms with Gasteiger partial charge in [-0.1, -0.05) is 30.3 Å². The molecule has 4 heteroatoms. The standard InChI is InChI=1S/C9H9NO2.Ac/c11-8-7(10-9(8)12)6-4-2-1-3-5-6;/h1-5,7-8,11H,(H,10,12);. The van der Waals surface area contributed by atoms with Crippen molar-refractivity contribution in [3.8, 4) is 0 Å². The van der Waals surface area contributed by atoms with Crippen molar-refractivity contribution in [3.05, 3.63) is 35.9 Å². The van der Waals surface area contributed by atoms with Gasteiger partial charge in [0, 0.05) is 44.1 Å². The maximum Gasteiger partial charge on any atom is 0.251 e. The molecule has 1 saturated heterocycles. The third kappa shape index (κ3) is 2.12. The zero-order valence-electron chi connectivity index (χ0n) is 6.97. The van der Waals surface area contributed by atoms with E-state index in [0.717, 1.165) is 5.56 Å². The first-order valence-electron chi connectivity index (χ1n) is 3.82. The third-order valence-corrected chi connectivity index (χ3v) is 2.04. The summed E-state index contributed by atoms with van der Waals surface area (Å²) in [5.41, 5.74) is 0.949. The summed E-state index contributed by atoms with van der Waals surface area (Å²) in [6.07, 6.45) is -0.868. The van der Waals surface area contributed by atoms with Crippen LogP contribution in [0.25, 0.3) is 0 Å². The van der Waals surface area contributed by atoms with Crippen LogP contribution in [0.3, 0.4) is 0 Å². The molecule has 3 nitrogen and oxygen atoms in total. The number of aliphatic hydroxyl groups excluding tert-OH is 1. The minimum atomic E-state index is -0.868. The summed E-state index contributed by atoms with van der Waals surface area (Å²) in [6, 6.07) is 9.22. The maximum atomic E-state index is 10.7. The number of carbonyl (C=O) groups is 1. The Labute approximate surface area is 112 Å². The Balaban J connectivity index is 0.000000845. The largest absolute Gasteiger partial charge is 0.381 e. The topological polar surface area (TPSA) is 49.3 Å². The van der Waals surface area contributed by atoms with Crippen molar-refractivity contribution in [2.45, 2.75) is 12.1 Å². The molecule has 0 spiro atoms. The first kappa shape index (κ1) is 11.2. The molecule has 2 atom stereocenters. The van der Waals surface area contributed by atoms with E-state index in [2.05, 4.69) is 5.32 Å². The van der Waals surface area contributed by atoms with Crippen LogP contribution in [-0.4, -0.2) is 17.1 Å². The van der Waals surface area contributed by atoms with Crippen molar-refractivity contribution in [2.24, 2.45) is 0 Å². The van der Waals surface area contributed by atoms with Crippen LogP contribution in [0, 0.1) is 44.1 Å². The first-order chi connectivity index (χ1) is 5.79. The van der Waals surface area contributed by atoms with E-state index in [1.807, 2.05) is 30.3 Å². The summed E-state index contributed by atoms with van der Waals surface area (Å²) in [7, 11) is 0. The SMILES string of the molecule is O=C1NC(c2ccccc2)C1O.[Ac]. The minimum Gasteiger partial charge on any atom is -0.381 e. The van der Waals surface area contributed by atoms with Crippen LogP contribution in [0.15, 0.2) is 30.3 Å². The van der Waals surface area contributed by atoms with Crippen molar-refractivity contribution in [1.82, 2.24) is 5.32 Å². The van der Waals surface area contributed by atoms with E-state index in [1.54, 1.807) is 0 Å². The van der Waals surface area contributed by atoms with E-state index in [-0.39, 0.29) is 56.0 Å². The van der Waals surface area contributed by atoms with E-state index >= 15 is 0 Å². The predicted octanol–water partition coefficient (Wildman–Crippen LogP) is 0.218. The Morgan fingerprint density at radius 1 is 1.23 bits per heavy atom. The van der Waals surface area contributed by atoms with Crippen LogP contribution >= 0.6 is 0 Å². The van der Waals surface area contributed by atoms with Gasteiger partial charge in [-0.25, -0.2) is 0 Å². The van der Waals surface area contributed by atoms with Crippen LogP contribution in [0.5, 0.6) is 0 Å². The smallest absolute Gasteiger partial charge is 0.251 e. The van der Waals surface area contributed by atoms with Gasteiger partial charge in [0.2, 0.25) is 0 Å². The summed E-state index contributed by atoms with van der Waals surface area (Å²) in [5.74, 6) is -0.288. The van der Waals surface area contributed by atoms with Crippen LogP contribution in [-0.2, 0) is 4.79 Å². The average Bonchev–Trinajstić information content (AvgIpc) is 2.15. The van der Waals surface area contributed by atoms with Crippen molar-refractivity contribution < 1.29 is 54.0 Å². The van der Waals surface area contributed by atoms with Gasteiger partial charge in [-0.15, -0.1) is 0 Å². The summed E-state index contributed by atoms with van der Waals surface area (Å²) >= 11 is 0. The van der Waals surface area contributed by atoms with Crippen molar-refractivity contribution in [3.63, 3.8) is 0 Å². The quantitative estimate of drug-likeness (QED) is 0.675. The van der Waals surface area contributed by atoms with Gasteiger partial charge in [-0.3, -0.25) is 4.79 Å². The fourth-order valence-corrected chi connectivity index (χ4v) is 1.30. The third-order valence-electron chi connectivity index (χ3n) is 2.04. The Kier molecular flexibility index (Phi) is 3.90. The van der Waals surface area contributed by atoms with E-state index in [1.165, 1.54) is 0 Å². The summed E-state index contributed by atoms with van der Waals surface area (Å²) in [4.78, 5) is 10.7. The second-order valence-electron chi connectivity index (χ2n) is 2.84. The van der Waals surface area contributed by atoms with Crippen LogP contribution in [0.2, 0.25) is 0 Å². The molecule has 2 rings (SSSR count). The maximum absolute atomic E-state index is 10.7. The van der Waals surface area contributed by atoms with Crippen molar-refractivity contribution >= 4 is 5.91 Å². The monoisotopic (exact) mass is 390 g/mol. The molecule has 0 aromatic heterocycles. The van der Waals surface area contributed by atoms with Crippen LogP contribution in [0.1, 0.15) is 11.6 Å². The molecule has 1 aromatic rings. The molecule has 1 aromatic carbocycles. The molecule has 1 heterocycles. The fraction of sp³-hybridized carbons (Fsp3) is 0.222. The minimum absolute atomic E-state index is 0. The van der Waals surface area contributed by atoms with Gasteiger partial charge >= 0.3 is 0 Å². The Hall–Kier alpha value is 0.0916. The molecule has 0 saturated carbocycles. The fourth-order valence-electron chi connectivity index (χ4n) is 1.30. The van der Waals surface area contributed by atoms with E-state index in [0.29, 0.717) is 0 Å². The van der Waals surface area contributed by atoms with Gasteiger partial charge in [-0.2, -0.15) is 0 Å². The Bertz CT molecular complexity index is 302. The molecule has 1 aliphatic rings. The zero-order valence-corrected chi connectivity index (χ0v) is 11.7. The molecule has 1 radical (unpaired) electrons. The van der Waals surface area contributed by atoms with Crippen LogP contribution in [0.4, 0.5) is 0 Å². The number of rotatable bonds is 1. The normalized spacial score (nSPS) is 25.5. The van der Waals surface area contributed by atoms with Gasteiger partial charge in [-0.05, 0) is 5.56 Å². The van der Waals surface area contributed by atoms with Crippen molar-refractivity contribution in [1.29, 1.82) is 0 Å². The molecule has 13 heavy (non-hydrogen) atoms. The Morgan fingerprint density at radius 3 is 2.31 bits per heavy atom. The molecule has 2 N–H and O–H groups in total. The van der Waals surface area contributed by atoms with Gasteiger partial charge in [0.1, 0.15) is 0 Å². The molecule has 1 aliphatic heterocycles. The van der Waals surface area contributed by atoms with E-state index < -0.39 is 6.10 Å². The second-order valence-corrected chi connectivity index (χ2v) is 2.84. The number of hydrogen-bond donors (Lipinski definition) is 2. The first-order valence-corrected chi connectivity index (χ1v) is 3.82. The Morgan fingerprint density at radius 2 is 1.85 bits per heavy atom. The molecule has 1 fully saturated rings. The van der Waals surface area contributed by atoms with Crippen LogP contribution < -0.4 is 5.32 Å². The number of aliphatic hydroxyl groups is 1. The molecule has 65 valence electrons. The average molecular weight is 390 g/mol. The summed E-state index contributed by atoms with van der Waals surface area (Å²) in [6.45, 7) is 0. The van der Waals surface area contributed by atoms with E-state index in [9.17, 15) is 9.90 Å².